The minimum Gasteiger partial charge on any atom is -0.456 e. The van der Waals surface area contributed by atoms with E-state index in [1.807, 2.05) is 35.6 Å². The number of aliphatic imine (C=N–C) groups is 2. The normalized spacial score (nSPS) is 14.5. The Hall–Kier alpha value is -7.28. The number of amidine groups is 2. The summed E-state index contributed by atoms with van der Waals surface area (Å²) in [6.45, 7) is 0. The van der Waals surface area contributed by atoms with Crippen LogP contribution in [0.1, 0.15) is 22.9 Å². The number of hydrogen-bond donors (Lipinski definition) is 0. The maximum Gasteiger partial charge on any atom is 0.137 e. The van der Waals surface area contributed by atoms with Gasteiger partial charge in [0.05, 0.1) is 34.1 Å². The van der Waals surface area contributed by atoms with Crippen molar-refractivity contribution in [1.29, 1.82) is 0 Å². The fraction of sp³-hybridized carbons (Fsp3) is 0.0196. The lowest BCUT2D eigenvalue weighted by molar-refractivity contribution is 0.668. The zero-order chi connectivity index (χ0) is 37.5. The molecule has 11 aromatic rings. The maximum absolute atomic E-state index is 6.70. The first-order chi connectivity index (χ1) is 28.2. The number of furan rings is 1. The highest BCUT2D eigenvalue weighted by molar-refractivity contribution is 7.26. The molecule has 268 valence electrons. The van der Waals surface area contributed by atoms with Crippen LogP contribution in [0, 0.1) is 0 Å². The first-order valence-electron chi connectivity index (χ1n) is 19.1. The lowest BCUT2D eigenvalue weighted by Gasteiger charge is -2.32. The highest BCUT2D eigenvalue weighted by Crippen LogP contribution is 2.45. The molecule has 1 atom stereocenters. The van der Waals surface area contributed by atoms with Crippen LogP contribution in [0.3, 0.4) is 0 Å². The van der Waals surface area contributed by atoms with Crippen molar-refractivity contribution in [3.8, 4) is 16.8 Å². The number of benzene rings is 8. The molecule has 0 N–H and O–H groups in total. The summed E-state index contributed by atoms with van der Waals surface area (Å²) in [7, 11) is 0. The van der Waals surface area contributed by atoms with Gasteiger partial charge >= 0.3 is 0 Å². The van der Waals surface area contributed by atoms with E-state index in [9.17, 15) is 0 Å². The van der Waals surface area contributed by atoms with Gasteiger partial charge in [0.15, 0.2) is 0 Å². The molecule has 4 heterocycles. The van der Waals surface area contributed by atoms with Crippen molar-refractivity contribution in [1.82, 2.24) is 4.57 Å². The first kappa shape index (κ1) is 32.0. The van der Waals surface area contributed by atoms with Gasteiger partial charge in [-0.25, -0.2) is 0 Å². The Kier molecular flexibility index (Phi) is 7.09. The SMILES string of the molecule is c1ccc(-c2ccc(C3=NC(c4ccccc4)[N-]C(c4ccc5c(c4)oc4cccc(-n6c7ccccc7c7c8sc9ccccc9c8ccc76)c45)=N3)cc2)cc1. The van der Waals surface area contributed by atoms with Crippen LogP contribution in [0.15, 0.2) is 196 Å². The summed E-state index contributed by atoms with van der Waals surface area (Å²) in [5.41, 5.74) is 10.2. The van der Waals surface area contributed by atoms with E-state index >= 15 is 0 Å². The second kappa shape index (κ2) is 12.6. The van der Waals surface area contributed by atoms with Gasteiger partial charge < -0.3 is 19.3 Å². The molecule has 57 heavy (non-hydrogen) atoms. The zero-order valence-corrected chi connectivity index (χ0v) is 31.3. The molecule has 5 nitrogen and oxygen atoms in total. The predicted octanol–water partition coefficient (Wildman–Crippen LogP) is 14.0. The van der Waals surface area contributed by atoms with E-state index < -0.39 is 6.17 Å². The predicted molar refractivity (Wildman–Crippen MR) is 238 cm³/mol. The molecular weight excluding hydrogens is 717 g/mol. The lowest BCUT2D eigenvalue weighted by Crippen LogP contribution is -2.15. The zero-order valence-electron chi connectivity index (χ0n) is 30.5. The van der Waals surface area contributed by atoms with Crippen molar-refractivity contribution in [2.24, 2.45) is 9.98 Å². The van der Waals surface area contributed by atoms with Crippen LogP contribution in [-0.4, -0.2) is 16.2 Å². The van der Waals surface area contributed by atoms with E-state index in [0.29, 0.717) is 11.7 Å². The first-order valence-corrected chi connectivity index (χ1v) is 19.9. The Morgan fingerprint density at radius 2 is 1.21 bits per heavy atom. The number of aromatic nitrogens is 1. The van der Waals surface area contributed by atoms with Crippen molar-refractivity contribution < 1.29 is 4.42 Å². The molecule has 8 aromatic carbocycles. The summed E-state index contributed by atoms with van der Waals surface area (Å²) < 4.78 is 11.7. The van der Waals surface area contributed by atoms with E-state index in [2.05, 4.69) is 162 Å². The van der Waals surface area contributed by atoms with Crippen LogP contribution in [0.5, 0.6) is 0 Å². The molecule has 0 aliphatic carbocycles. The third kappa shape index (κ3) is 5.08. The number of thiophene rings is 1. The quantitative estimate of drug-likeness (QED) is 0.173. The van der Waals surface area contributed by atoms with Gasteiger partial charge in [-0.05, 0) is 70.3 Å². The van der Waals surface area contributed by atoms with Crippen LogP contribution in [0.2, 0.25) is 0 Å². The van der Waals surface area contributed by atoms with Gasteiger partial charge in [0.25, 0.3) is 0 Å². The lowest BCUT2D eigenvalue weighted by atomic mass is 10.0. The molecular formula is C51H31N4OS-. The van der Waals surface area contributed by atoms with Crippen molar-refractivity contribution in [2.45, 2.75) is 6.17 Å². The molecule has 0 bridgehead atoms. The van der Waals surface area contributed by atoms with Crippen LogP contribution in [0.4, 0.5) is 0 Å². The smallest absolute Gasteiger partial charge is 0.137 e. The van der Waals surface area contributed by atoms with Crippen molar-refractivity contribution in [2.75, 3.05) is 0 Å². The number of fused-ring (bicyclic) bond motifs is 10. The highest BCUT2D eigenvalue weighted by atomic mass is 32.1. The molecule has 0 fully saturated rings. The Labute approximate surface area is 331 Å². The summed E-state index contributed by atoms with van der Waals surface area (Å²) >= 11 is 1.87. The number of rotatable bonds is 5. The maximum atomic E-state index is 6.70. The second-order valence-corrected chi connectivity index (χ2v) is 15.5. The Morgan fingerprint density at radius 3 is 2.07 bits per heavy atom. The molecule has 1 aliphatic heterocycles. The third-order valence-corrected chi connectivity index (χ3v) is 12.4. The molecule has 0 amide bonds. The molecule has 1 unspecified atom stereocenters. The fourth-order valence-electron chi connectivity index (χ4n) is 8.54. The Balaban J connectivity index is 0.998. The van der Waals surface area contributed by atoms with Gasteiger partial charge in [0.2, 0.25) is 0 Å². The van der Waals surface area contributed by atoms with Crippen molar-refractivity contribution in [3.05, 3.63) is 204 Å². The molecule has 3 aromatic heterocycles. The molecule has 1 aliphatic rings. The number of nitrogens with zero attached hydrogens (tertiary/aromatic N) is 4. The average molecular weight is 748 g/mol. The molecule has 0 spiro atoms. The van der Waals surface area contributed by atoms with Crippen LogP contribution >= 0.6 is 11.3 Å². The summed E-state index contributed by atoms with van der Waals surface area (Å²) in [6.07, 6.45) is -0.428. The minimum atomic E-state index is -0.428. The van der Waals surface area contributed by atoms with Crippen molar-refractivity contribution in [3.63, 3.8) is 0 Å². The Bertz CT molecular complexity index is 3430. The molecule has 0 saturated carbocycles. The largest absolute Gasteiger partial charge is 0.456 e. The van der Waals surface area contributed by atoms with E-state index in [4.69, 9.17) is 19.7 Å². The fourth-order valence-corrected chi connectivity index (χ4v) is 9.80. The van der Waals surface area contributed by atoms with Crippen LogP contribution in [0.25, 0.3) is 86.0 Å². The third-order valence-electron chi connectivity index (χ3n) is 11.2. The van der Waals surface area contributed by atoms with E-state index in [1.54, 1.807) is 0 Å². The minimum absolute atomic E-state index is 0.428. The van der Waals surface area contributed by atoms with Gasteiger partial charge in [0, 0.05) is 36.3 Å². The highest BCUT2D eigenvalue weighted by Gasteiger charge is 2.21. The van der Waals surface area contributed by atoms with Crippen molar-refractivity contribution >= 4 is 86.9 Å². The van der Waals surface area contributed by atoms with E-state index in [0.717, 1.165) is 49.9 Å². The average Bonchev–Trinajstić information content (AvgIpc) is 3.96. The monoisotopic (exact) mass is 747 g/mol. The topological polar surface area (TPSA) is 56.9 Å². The van der Waals surface area contributed by atoms with Crippen LogP contribution < -0.4 is 0 Å². The Morgan fingerprint density at radius 1 is 0.509 bits per heavy atom. The van der Waals surface area contributed by atoms with Crippen LogP contribution in [-0.2, 0) is 0 Å². The molecule has 0 saturated heterocycles. The summed E-state index contributed by atoms with van der Waals surface area (Å²) in [6, 6.07) is 63.9. The van der Waals surface area contributed by atoms with Gasteiger partial charge in [0.1, 0.15) is 11.2 Å². The number of hydrogen-bond acceptors (Lipinski definition) is 4. The summed E-state index contributed by atoms with van der Waals surface area (Å²) in [5.74, 6) is 1.28. The second-order valence-electron chi connectivity index (χ2n) is 14.5. The van der Waals surface area contributed by atoms with Gasteiger partial charge in [-0.3, -0.25) is 4.99 Å². The van der Waals surface area contributed by atoms with Gasteiger partial charge in [-0.15, -0.1) is 11.3 Å². The van der Waals surface area contributed by atoms with Gasteiger partial charge in [-0.2, -0.15) is 0 Å². The molecule has 6 heteroatoms. The molecule has 0 radical (unpaired) electrons. The number of para-hydroxylation sites is 1. The van der Waals surface area contributed by atoms with Gasteiger partial charge in [-0.1, -0.05) is 145 Å². The van der Waals surface area contributed by atoms with E-state index in [-0.39, 0.29) is 0 Å². The standard InChI is InChI=1S/C51H31N4OS/c1-3-12-31(13-4-1)32-22-24-34(25-23-32)50-52-49(33-14-5-2-6-15-33)53-51(54-50)35-26-27-39-44(30-35)56-43-20-11-19-41(46(39)43)55-40-18-9-7-17-38(40)47-42(55)29-28-37-36-16-8-10-21-45(36)57-48(37)47/h1-30,49H/q-1. The molecule has 12 rings (SSSR count). The van der Waals surface area contributed by atoms with E-state index in [1.165, 1.54) is 47.5 Å². The summed E-state index contributed by atoms with van der Waals surface area (Å²) in [4.78, 5) is 10.1. The summed E-state index contributed by atoms with van der Waals surface area (Å²) in [5, 5.41) is 12.4.